The first-order chi connectivity index (χ1) is 11.8. The van der Waals surface area contributed by atoms with E-state index in [0.717, 1.165) is 17.8 Å². The van der Waals surface area contributed by atoms with E-state index in [9.17, 15) is 13.5 Å². The van der Waals surface area contributed by atoms with Gasteiger partial charge in [-0.3, -0.25) is 0 Å². The van der Waals surface area contributed by atoms with Crippen LogP contribution in [-0.2, 0) is 9.84 Å². The molecule has 25 heavy (non-hydrogen) atoms. The topological polar surface area (TPSA) is 66.4 Å². The molecular weight excluding hydrogens is 334 g/mol. The van der Waals surface area contributed by atoms with E-state index < -0.39 is 21.4 Å². The predicted molar refractivity (Wildman–Crippen MR) is 101 cm³/mol. The zero-order chi connectivity index (χ0) is 18.2. The van der Waals surface area contributed by atoms with Crippen LogP contribution in [0.25, 0.3) is 0 Å². The van der Waals surface area contributed by atoms with Crippen molar-refractivity contribution < 1.29 is 13.5 Å². The molecule has 0 fully saturated rings. The van der Waals surface area contributed by atoms with Crippen LogP contribution in [0.4, 0.5) is 5.69 Å². The Kier molecular flexibility index (Phi) is 4.64. The number of aliphatic hydroxyl groups is 1. The molecule has 1 heterocycles. The van der Waals surface area contributed by atoms with Gasteiger partial charge in [-0.05, 0) is 36.2 Å². The van der Waals surface area contributed by atoms with Gasteiger partial charge in [0.15, 0.2) is 9.84 Å². The third kappa shape index (κ3) is 3.31. The van der Waals surface area contributed by atoms with Crippen molar-refractivity contribution in [3.05, 3.63) is 59.7 Å². The normalized spacial score (nSPS) is 24.2. The first-order valence-corrected chi connectivity index (χ1v) is 10.2. The predicted octanol–water partition coefficient (Wildman–Crippen LogP) is 3.42. The van der Waals surface area contributed by atoms with Crippen LogP contribution in [0.3, 0.4) is 0 Å². The second kappa shape index (κ2) is 6.46. The van der Waals surface area contributed by atoms with Crippen LogP contribution in [0.2, 0.25) is 0 Å². The lowest BCUT2D eigenvalue weighted by molar-refractivity contribution is 0.0521. The molecule has 0 aromatic heterocycles. The summed E-state index contributed by atoms with van der Waals surface area (Å²) in [5.74, 6) is -0.458. The third-order valence-corrected chi connectivity index (χ3v) is 7.06. The van der Waals surface area contributed by atoms with Gasteiger partial charge in [0.05, 0.1) is 16.8 Å². The summed E-state index contributed by atoms with van der Waals surface area (Å²) in [4.78, 5) is 0.327. The summed E-state index contributed by atoms with van der Waals surface area (Å²) in [5, 5.41) is 14.4. The molecule has 0 bridgehead atoms. The highest BCUT2D eigenvalue weighted by Gasteiger charge is 2.44. The lowest BCUT2D eigenvalue weighted by atomic mass is 9.75. The van der Waals surface area contributed by atoms with Gasteiger partial charge in [0, 0.05) is 23.6 Å². The second-order valence-corrected chi connectivity index (χ2v) is 9.32. The lowest BCUT2D eigenvalue weighted by Crippen LogP contribution is -2.37. The highest BCUT2D eigenvalue weighted by molar-refractivity contribution is 7.91. The molecule has 134 valence electrons. The molecule has 0 spiro atoms. The Morgan fingerprint density at radius 2 is 1.84 bits per heavy atom. The number of rotatable bonds is 3. The van der Waals surface area contributed by atoms with Crippen molar-refractivity contribution in [1.29, 1.82) is 0 Å². The largest absolute Gasteiger partial charge is 0.392 e. The molecule has 0 aliphatic carbocycles. The quantitative estimate of drug-likeness (QED) is 0.881. The SMILES string of the molecule is CCNc1ccc2c(c1)[C@@H](c1ccccc1)C(O)C(C)(C)CS2(=O)=O. The Morgan fingerprint density at radius 1 is 1.16 bits per heavy atom. The lowest BCUT2D eigenvalue weighted by Gasteiger charge is -2.33. The number of nitrogens with one attached hydrogen (secondary N) is 1. The van der Waals surface area contributed by atoms with Crippen molar-refractivity contribution in [1.82, 2.24) is 0 Å². The molecule has 0 radical (unpaired) electrons. The van der Waals surface area contributed by atoms with E-state index in [-0.39, 0.29) is 11.7 Å². The second-order valence-electron chi connectivity index (χ2n) is 7.36. The van der Waals surface area contributed by atoms with E-state index >= 15 is 0 Å². The van der Waals surface area contributed by atoms with Crippen molar-refractivity contribution in [3.8, 4) is 0 Å². The Morgan fingerprint density at radius 3 is 2.48 bits per heavy atom. The van der Waals surface area contributed by atoms with Gasteiger partial charge in [-0.25, -0.2) is 8.42 Å². The summed E-state index contributed by atoms with van der Waals surface area (Å²) < 4.78 is 25.9. The van der Waals surface area contributed by atoms with Gasteiger partial charge in [0.25, 0.3) is 0 Å². The molecule has 0 saturated carbocycles. The van der Waals surface area contributed by atoms with Crippen LogP contribution in [0.5, 0.6) is 0 Å². The van der Waals surface area contributed by atoms with Gasteiger partial charge in [-0.15, -0.1) is 0 Å². The van der Waals surface area contributed by atoms with E-state index in [1.807, 2.05) is 57.2 Å². The maximum absolute atomic E-state index is 13.0. The van der Waals surface area contributed by atoms with E-state index in [0.29, 0.717) is 10.5 Å². The van der Waals surface area contributed by atoms with Crippen LogP contribution in [0, 0.1) is 5.41 Å². The molecule has 1 unspecified atom stereocenters. The molecule has 1 aliphatic rings. The summed E-state index contributed by atoms with van der Waals surface area (Å²) in [6.45, 7) is 6.38. The minimum Gasteiger partial charge on any atom is -0.392 e. The third-order valence-electron chi connectivity index (χ3n) is 4.90. The Labute approximate surface area is 149 Å². The fourth-order valence-electron chi connectivity index (χ4n) is 3.69. The fourth-order valence-corrected chi connectivity index (χ4v) is 5.81. The fraction of sp³-hybridized carbons (Fsp3) is 0.400. The molecule has 0 saturated heterocycles. The minimum atomic E-state index is -3.48. The van der Waals surface area contributed by atoms with Crippen molar-refractivity contribution in [2.45, 2.75) is 37.7 Å². The first kappa shape index (κ1) is 18.0. The van der Waals surface area contributed by atoms with Gasteiger partial charge >= 0.3 is 0 Å². The highest BCUT2D eigenvalue weighted by atomic mass is 32.2. The Balaban J connectivity index is 2.29. The number of benzene rings is 2. The van der Waals surface area contributed by atoms with Crippen molar-refractivity contribution in [3.63, 3.8) is 0 Å². The molecule has 1 aliphatic heterocycles. The molecular formula is C20H25NO3S. The zero-order valence-electron chi connectivity index (χ0n) is 14.9. The molecule has 5 heteroatoms. The molecule has 2 atom stereocenters. The monoisotopic (exact) mass is 359 g/mol. The van der Waals surface area contributed by atoms with Crippen molar-refractivity contribution in [2.24, 2.45) is 5.41 Å². The number of aliphatic hydroxyl groups excluding tert-OH is 1. The van der Waals surface area contributed by atoms with Gasteiger partial charge < -0.3 is 10.4 Å². The average molecular weight is 359 g/mol. The summed E-state index contributed by atoms with van der Waals surface area (Å²) >= 11 is 0. The van der Waals surface area contributed by atoms with Crippen LogP contribution in [0.1, 0.15) is 37.8 Å². The molecule has 3 rings (SSSR count). The van der Waals surface area contributed by atoms with Crippen LogP contribution in [-0.4, -0.2) is 31.9 Å². The molecule has 0 amide bonds. The standard InChI is InChI=1S/C20H25NO3S/c1-4-21-15-10-11-17-16(12-15)18(14-8-6-5-7-9-14)19(22)20(2,3)13-25(17,23)24/h5-12,18-19,21-22H,4,13H2,1-3H3/t18-,19?/m1/s1. The number of anilines is 1. The minimum absolute atomic E-state index is 0.0714. The smallest absolute Gasteiger partial charge is 0.179 e. The van der Waals surface area contributed by atoms with Crippen LogP contribution in [0.15, 0.2) is 53.4 Å². The summed E-state index contributed by atoms with van der Waals surface area (Å²) in [7, 11) is -3.48. The number of hydrogen-bond donors (Lipinski definition) is 2. The number of fused-ring (bicyclic) bond motifs is 1. The molecule has 2 aromatic carbocycles. The maximum Gasteiger partial charge on any atom is 0.179 e. The maximum atomic E-state index is 13.0. The highest BCUT2D eigenvalue weighted by Crippen LogP contribution is 2.45. The van der Waals surface area contributed by atoms with Crippen LogP contribution >= 0.6 is 0 Å². The molecule has 2 aromatic rings. The van der Waals surface area contributed by atoms with Gasteiger partial charge in [-0.1, -0.05) is 44.2 Å². The van der Waals surface area contributed by atoms with Crippen LogP contribution < -0.4 is 5.32 Å². The molecule has 2 N–H and O–H groups in total. The average Bonchev–Trinajstić information content (AvgIpc) is 2.60. The van der Waals surface area contributed by atoms with E-state index in [1.54, 1.807) is 12.1 Å². The van der Waals surface area contributed by atoms with E-state index in [2.05, 4.69) is 5.32 Å². The number of sulfone groups is 1. The van der Waals surface area contributed by atoms with E-state index in [1.165, 1.54) is 0 Å². The van der Waals surface area contributed by atoms with E-state index in [4.69, 9.17) is 0 Å². The van der Waals surface area contributed by atoms with Gasteiger partial charge in [0.1, 0.15) is 0 Å². The molecule has 4 nitrogen and oxygen atoms in total. The zero-order valence-corrected chi connectivity index (χ0v) is 15.7. The Hall–Kier alpha value is -1.85. The van der Waals surface area contributed by atoms with Gasteiger partial charge in [0.2, 0.25) is 0 Å². The summed E-state index contributed by atoms with van der Waals surface area (Å²) in [6.07, 6.45) is -0.803. The summed E-state index contributed by atoms with van der Waals surface area (Å²) in [5.41, 5.74) is 1.71. The van der Waals surface area contributed by atoms with Crippen molar-refractivity contribution >= 4 is 15.5 Å². The van der Waals surface area contributed by atoms with Crippen molar-refractivity contribution in [2.75, 3.05) is 17.6 Å². The first-order valence-electron chi connectivity index (χ1n) is 8.60. The number of hydrogen-bond acceptors (Lipinski definition) is 4. The Bertz CT molecular complexity index is 860. The van der Waals surface area contributed by atoms with Gasteiger partial charge in [-0.2, -0.15) is 0 Å². The summed E-state index contributed by atoms with van der Waals surface area (Å²) in [6, 6.07) is 15.0.